The number of benzene rings is 1. The zero-order chi connectivity index (χ0) is 16.8. The number of carbonyl (C=O) groups excluding carboxylic acids is 1. The molecule has 1 unspecified atom stereocenters. The number of carbonyl (C=O) groups is 1. The fourth-order valence-corrected chi connectivity index (χ4v) is 2.99. The van der Waals surface area contributed by atoms with Gasteiger partial charge in [-0.3, -0.25) is 4.98 Å². The van der Waals surface area contributed by atoms with Crippen LogP contribution in [0.1, 0.15) is 60.0 Å². The van der Waals surface area contributed by atoms with Crippen molar-refractivity contribution in [1.29, 1.82) is 0 Å². The molecule has 124 valence electrons. The molecule has 1 aromatic heterocycles. The summed E-state index contributed by atoms with van der Waals surface area (Å²) in [6.07, 6.45) is 10.5. The molecule has 3 heteroatoms. The Morgan fingerprint density at radius 3 is 2.54 bits per heavy atom. The molecule has 2 aromatic rings. The van der Waals surface area contributed by atoms with Crippen LogP contribution in [0.5, 0.6) is 0 Å². The Labute approximate surface area is 143 Å². The molecule has 3 rings (SSSR count). The van der Waals surface area contributed by atoms with Crippen molar-refractivity contribution in [3.8, 4) is 0 Å². The molecule has 0 bridgehead atoms. The van der Waals surface area contributed by atoms with Crippen molar-refractivity contribution in [3.05, 3.63) is 71.6 Å². The van der Waals surface area contributed by atoms with Crippen molar-refractivity contribution in [3.63, 3.8) is 0 Å². The fourth-order valence-electron chi connectivity index (χ4n) is 2.99. The summed E-state index contributed by atoms with van der Waals surface area (Å²) in [5, 5.41) is 0. The number of rotatable bonds is 5. The largest absolute Gasteiger partial charge is 0.461 e. The average molecular weight is 321 g/mol. The summed E-state index contributed by atoms with van der Waals surface area (Å²) in [7, 11) is 0. The van der Waals surface area contributed by atoms with Crippen LogP contribution in [0.15, 0.2) is 54.9 Å². The third-order valence-corrected chi connectivity index (χ3v) is 4.52. The molecule has 0 fully saturated rings. The minimum absolute atomic E-state index is 0.171. The number of ether oxygens (including phenoxy) is 1. The van der Waals surface area contributed by atoms with Gasteiger partial charge in [-0.2, -0.15) is 0 Å². The van der Waals surface area contributed by atoms with Crippen LogP contribution in [0, 0.1) is 0 Å². The third-order valence-electron chi connectivity index (χ3n) is 4.52. The maximum Gasteiger partial charge on any atom is 0.338 e. The van der Waals surface area contributed by atoms with E-state index >= 15 is 0 Å². The molecule has 1 atom stereocenters. The van der Waals surface area contributed by atoms with Crippen LogP contribution in [-0.4, -0.2) is 17.6 Å². The van der Waals surface area contributed by atoms with Crippen molar-refractivity contribution in [2.24, 2.45) is 0 Å². The van der Waals surface area contributed by atoms with Crippen molar-refractivity contribution in [2.45, 2.75) is 38.5 Å². The monoisotopic (exact) mass is 321 g/mol. The van der Waals surface area contributed by atoms with E-state index in [1.54, 1.807) is 24.5 Å². The SMILES string of the molecule is CC(COC(=O)c1ccncc1)c1ccc(C2=CCCCC2)cc1. The second-order valence-electron chi connectivity index (χ2n) is 6.33. The van der Waals surface area contributed by atoms with Crippen LogP contribution in [0.3, 0.4) is 0 Å². The van der Waals surface area contributed by atoms with E-state index in [1.807, 2.05) is 0 Å². The third kappa shape index (κ3) is 4.10. The maximum absolute atomic E-state index is 12.0. The molecule has 0 spiro atoms. The summed E-state index contributed by atoms with van der Waals surface area (Å²) in [5.41, 5.74) is 4.51. The van der Waals surface area contributed by atoms with E-state index in [9.17, 15) is 4.79 Å². The summed E-state index contributed by atoms with van der Waals surface area (Å²) in [5.74, 6) is -0.126. The van der Waals surface area contributed by atoms with Crippen molar-refractivity contribution in [1.82, 2.24) is 4.98 Å². The molecule has 1 aliphatic rings. The van der Waals surface area contributed by atoms with Gasteiger partial charge in [-0.15, -0.1) is 0 Å². The van der Waals surface area contributed by atoms with Gasteiger partial charge in [-0.1, -0.05) is 37.3 Å². The molecule has 0 N–H and O–H groups in total. The van der Waals surface area contributed by atoms with Crippen molar-refractivity contribution >= 4 is 11.5 Å². The number of hydrogen-bond acceptors (Lipinski definition) is 3. The summed E-state index contributed by atoms with van der Waals surface area (Å²) in [6, 6.07) is 12.0. The average Bonchev–Trinajstić information content (AvgIpc) is 2.67. The molecule has 24 heavy (non-hydrogen) atoms. The zero-order valence-electron chi connectivity index (χ0n) is 14.1. The molecule has 0 radical (unpaired) electrons. The Morgan fingerprint density at radius 2 is 1.88 bits per heavy atom. The van der Waals surface area contributed by atoms with E-state index in [-0.39, 0.29) is 11.9 Å². The first-order valence-electron chi connectivity index (χ1n) is 8.60. The molecular weight excluding hydrogens is 298 g/mol. The van der Waals surface area contributed by atoms with Gasteiger partial charge in [0.2, 0.25) is 0 Å². The Hall–Kier alpha value is -2.42. The maximum atomic E-state index is 12.0. The quantitative estimate of drug-likeness (QED) is 0.728. The highest BCUT2D eigenvalue weighted by Gasteiger charge is 2.12. The van der Waals surface area contributed by atoms with Gasteiger partial charge in [-0.25, -0.2) is 4.79 Å². The van der Waals surface area contributed by atoms with Gasteiger partial charge >= 0.3 is 5.97 Å². The molecule has 3 nitrogen and oxygen atoms in total. The highest BCUT2D eigenvalue weighted by molar-refractivity contribution is 5.89. The highest BCUT2D eigenvalue weighted by Crippen LogP contribution is 2.28. The van der Waals surface area contributed by atoms with E-state index in [0.717, 1.165) is 0 Å². The van der Waals surface area contributed by atoms with Gasteiger partial charge in [0.15, 0.2) is 0 Å². The topological polar surface area (TPSA) is 39.2 Å². The van der Waals surface area contributed by atoms with Gasteiger partial charge in [0.05, 0.1) is 12.2 Å². The lowest BCUT2D eigenvalue weighted by Crippen LogP contribution is -2.11. The van der Waals surface area contributed by atoms with E-state index in [2.05, 4.69) is 42.2 Å². The molecule has 0 amide bonds. The van der Waals surface area contributed by atoms with E-state index in [4.69, 9.17) is 4.74 Å². The Kier molecular flexibility index (Phi) is 5.42. The summed E-state index contributed by atoms with van der Waals surface area (Å²) >= 11 is 0. The molecule has 1 aliphatic carbocycles. The number of aromatic nitrogens is 1. The van der Waals surface area contributed by atoms with E-state index < -0.39 is 0 Å². The predicted octanol–water partition coefficient (Wildman–Crippen LogP) is 5.00. The Bertz CT molecular complexity index is 704. The minimum Gasteiger partial charge on any atom is -0.461 e. The van der Waals surface area contributed by atoms with Crippen LogP contribution < -0.4 is 0 Å². The first-order chi connectivity index (χ1) is 11.7. The summed E-state index contributed by atoms with van der Waals surface area (Å²) in [4.78, 5) is 15.9. The summed E-state index contributed by atoms with van der Waals surface area (Å²) in [6.45, 7) is 2.46. The van der Waals surface area contributed by atoms with Gasteiger partial charge < -0.3 is 4.74 Å². The van der Waals surface area contributed by atoms with Crippen LogP contribution in [0.2, 0.25) is 0 Å². The normalized spacial score (nSPS) is 15.5. The van der Waals surface area contributed by atoms with Crippen LogP contribution in [0.4, 0.5) is 0 Å². The molecular formula is C21H23NO2. The van der Waals surface area contributed by atoms with Gasteiger partial charge in [0.1, 0.15) is 0 Å². The zero-order valence-corrected chi connectivity index (χ0v) is 14.1. The van der Waals surface area contributed by atoms with E-state index in [0.29, 0.717) is 12.2 Å². The Morgan fingerprint density at radius 1 is 1.12 bits per heavy atom. The number of allylic oxidation sites excluding steroid dienone is 2. The second kappa shape index (κ2) is 7.91. The Balaban J connectivity index is 1.58. The predicted molar refractivity (Wildman–Crippen MR) is 95.8 cm³/mol. The van der Waals surface area contributed by atoms with Gasteiger partial charge in [0, 0.05) is 18.3 Å². The van der Waals surface area contributed by atoms with Crippen LogP contribution >= 0.6 is 0 Å². The molecule has 1 aromatic carbocycles. The van der Waals surface area contributed by atoms with Gasteiger partial charge in [0.25, 0.3) is 0 Å². The molecule has 0 saturated heterocycles. The molecule has 0 aliphatic heterocycles. The lowest BCUT2D eigenvalue weighted by molar-refractivity contribution is 0.0485. The fraction of sp³-hybridized carbons (Fsp3) is 0.333. The highest BCUT2D eigenvalue weighted by atomic mass is 16.5. The standard InChI is InChI=1S/C21H23NO2/c1-16(15-24-21(23)20-11-13-22-14-12-20)17-7-9-19(10-8-17)18-5-3-2-4-6-18/h5,7-14,16H,2-4,6,15H2,1H3. The number of nitrogens with zero attached hydrogens (tertiary/aromatic N) is 1. The molecule has 0 saturated carbocycles. The summed E-state index contributed by atoms with van der Waals surface area (Å²) < 4.78 is 5.41. The smallest absolute Gasteiger partial charge is 0.338 e. The minimum atomic E-state index is -0.298. The number of hydrogen-bond donors (Lipinski definition) is 0. The first kappa shape index (κ1) is 16.4. The number of pyridine rings is 1. The van der Waals surface area contributed by atoms with Crippen molar-refractivity contribution < 1.29 is 9.53 Å². The lowest BCUT2D eigenvalue weighted by Gasteiger charge is -2.16. The van der Waals surface area contributed by atoms with Crippen LogP contribution in [0.25, 0.3) is 5.57 Å². The van der Waals surface area contributed by atoms with Crippen molar-refractivity contribution in [2.75, 3.05) is 6.61 Å². The lowest BCUT2D eigenvalue weighted by atomic mass is 9.92. The van der Waals surface area contributed by atoms with Gasteiger partial charge in [-0.05, 0) is 54.5 Å². The molecule has 1 heterocycles. The first-order valence-corrected chi connectivity index (χ1v) is 8.60. The van der Waals surface area contributed by atoms with E-state index in [1.165, 1.54) is 42.4 Å². The second-order valence-corrected chi connectivity index (χ2v) is 6.33. The van der Waals surface area contributed by atoms with Crippen LogP contribution in [-0.2, 0) is 4.74 Å². The number of esters is 1.